The van der Waals surface area contributed by atoms with Crippen LogP contribution in [-0.4, -0.2) is 87.5 Å². The van der Waals surface area contributed by atoms with Crippen LogP contribution in [0.4, 0.5) is 0 Å². The van der Waals surface area contributed by atoms with Gasteiger partial charge in [-0.3, -0.25) is 4.79 Å². The minimum atomic E-state index is -1.55. The van der Waals surface area contributed by atoms with Crippen molar-refractivity contribution in [3.05, 3.63) is 12.2 Å². The number of carbonyl (C=O) groups excluding carboxylic acids is 1. The predicted molar refractivity (Wildman–Crippen MR) is 240 cm³/mol. The third-order valence-corrected chi connectivity index (χ3v) is 12.1. The van der Waals surface area contributed by atoms with E-state index in [4.69, 9.17) is 9.47 Å². The summed E-state index contributed by atoms with van der Waals surface area (Å²) in [6.07, 6.45) is 39.3. The fourth-order valence-electron chi connectivity index (χ4n) is 8.10. The fraction of sp³-hybridized carbons (Fsp3) is 0.939. The molecule has 1 aliphatic heterocycles. The van der Waals surface area contributed by atoms with Gasteiger partial charge >= 0.3 is 0 Å². The highest BCUT2D eigenvalue weighted by atomic mass is 16.7. The molecule has 58 heavy (non-hydrogen) atoms. The molecule has 1 heterocycles. The standard InChI is InChI=1S/C49H95NO8/c1-3-5-7-9-11-13-15-17-19-20-21-22-23-25-27-29-31-33-35-37-39-45(53)50-42(41-57-49-48(56)47(55)46(54)44(40-51)58-49)43(52)38-36-34-32-30-28-26-24-18-16-14-12-10-8-6-4-2/h21-22,42-44,46-49,51-52,54-56H,3-20,23-41H2,1-2H3,(H,50,53)/b22-21-. The van der Waals surface area contributed by atoms with E-state index >= 15 is 0 Å². The number of unbranched alkanes of at least 4 members (excludes halogenated alkanes) is 30. The summed E-state index contributed by atoms with van der Waals surface area (Å²) >= 11 is 0. The van der Waals surface area contributed by atoms with Gasteiger partial charge in [0.15, 0.2) is 6.29 Å². The monoisotopic (exact) mass is 826 g/mol. The SMILES string of the molecule is CCCCCCCCCCC/C=C\CCCCCCCCCC(=O)NC(COC1OC(CO)C(O)C(O)C1O)C(O)CCCCCCCCCCCCCCCCC. The Hall–Kier alpha value is -1.07. The molecular formula is C49H95NO8. The van der Waals surface area contributed by atoms with Crippen LogP contribution in [0.15, 0.2) is 12.2 Å². The Morgan fingerprint density at radius 2 is 0.966 bits per heavy atom. The lowest BCUT2D eigenvalue weighted by atomic mass is 9.99. The summed E-state index contributed by atoms with van der Waals surface area (Å²) in [5.41, 5.74) is 0. The van der Waals surface area contributed by atoms with Gasteiger partial charge in [0.05, 0.1) is 25.4 Å². The highest BCUT2D eigenvalue weighted by Crippen LogP contribution is 2.23. The molecule has 1 rings (SSSR count). The second kappa shape index (κ2) is 40.0. The van der Waals surface area contributed by atoms with E-state index in [0.717, 1.165) is 38.5 Å². The molecular weight excluding hydrogens is 731 g/mol. The maximum atomic E-state index is 13.0. The van der Waals surface area contributed by atoms with Gasteiger partial charge in [-0.05, 0) is 38.5 Å². The van der Waals surface area contributed by atoms with Crippen LogP contribution in [0.5, 0.6) is 0 Å². The summed E-state index contributed by atoms with van der Waals surface area (Å²) < 4.78 is 11.3. The Bertz CT molecular complexity index is 919. The Kier molecular flexibility index (Phi) is 37.9. The quantitative estimate of drug-likeness (QED) is 0.0263. The number of rotatable bonds is 42. The molecule has 0 aliphatic carbocycles. The molecule has 0 aromatic rings. The molecule has 1 saturated heterocycles. The lowest BCUT2D eigenvalue weighted by Crippen LogP contribution is -2.60. The van der Waals surface area contributed by atoms with Crippen molar-refractivity contribution < 1.29 is 39.8 Å². The molecule has 0 aromatic carbocycles. The molecule has 0 bridgehead atoms. The summed E-state index contributed by atoms with van der Waals surface area (Å²) in [5.74, 6) is -0.146. The van der Waals surface area contributed by atoms with Crippen LogP contribution >= 0.6 is 0 Å². The summed E-state index contributed by atoms with van der Waals surface area (Å²) in [7, 11) is 0. The largest absolute Gasteiger partial charge is 0.394 e. The first-order valence-electron chi connectivity index (χ1n) is 24.9. The zero-order valence-corrected chi connectivity index (χ0v) is 37.8. The number of aliphatic hydroxyl groups excluding tert-OH is 5. The van der Waals surface area contributed by atoms with Crippen LogP contribution in [0.1, 0.15) is 239 Å². The van der Waals surface area contributed by atoms with Crippen molar-refractivity contribution in [1.82, 2.24) is 5.32 Å². The van der Waals surface area contributed by atoms with Crippen LogP contribution in [0.25, 0.3) is 0 Å². The van der Waals surface area contributed by atoms with Gasteiger partial charge in [-0.1, -0.05) is 206 Å². The lowest BCUT2D eigenvalue weighted by molar-refractivity contribution is -0.302. The normalized spacial score (nSPS) is 20.8. The number of allylic oxidation sites excluding steroid dienone is 2. The summed E-state index contributed by atoms with van der Waals surface area (Å²) in [4.78, 5) is 13.0. The molecule has 9 nitrogen and oxygen atoms in total. The molecule has 7 atom stereocenters. The minimum Gasteiger partial charge on any atom is -0.394 e. The van der Waals surface area contributed by atoms with E-state index < -0.39 is 49.5 Å². The van der Waals surface area contributed by atoms with Crippen molar-refractivity contribution in [3.63, 3.8) is 0 Å². The van der Waals surface area contributed by atoms with Crippen molar-refractivity contribution in [3.8, 4) is 0 Å². The Morgan fingerprint density at radius 3 is 1.40 bits per heavy atom. The number of amides is 1. The van der Waals surface area contributed by atoms with Gasteiger partial charge in [-0.25, -0.2) is 0 Å². The lowest BCUT2D eigenvalue weighted by Gasteiger charge is -2.40. The smallest absolute Gasteiger partial charge is 0.220 e. The van der Waals surface area contributed by atoms with E-state index in [-0.39, 0.29) is 12.5 Å². The number of hydrogen-bond donors (Lipinski definition) is 6. The molecule has 9 heteroatoms. The first-order valence-corrected chi connectivity index (χ1v) is 24.9. The summed E-state index contributed by atoms with van der Waals surface area (Å²) in [6.45, 7) is 3.85. The molecule has 1 amide bonds. The molecule has 0 radical (unpaired) electrons. The maximum absolute atomic E-state index is 13.0. The van der Waals surface area contributed by atoms with Crippen LogP contribution in [-0.2, 0) is 14.3 Å². The first-order chi connectivity index (χ1) is 28.3. The summed E-state index contributed by atoms with van der Waals surface area (Å²) in [5, 5.41) is 54.4. The molecule has 7 unspecified atom stereocenters. The molecule has 0 aromatic heterocycles. The molecule has 1 fully saturated rings. The van der Waals surface area contributed by atoms with Crippen LogP contribution in [0.3, 0.4) is 0 Å². The zero-order chi connectivity index (χ0) is 42.3. The Labute approximate surface area is 356 Å². The zero-order valence-electron chi connectivity index (χ0n) is 37.8. The van der Waals surface area contributed by atoms with Crippen molar-refractivity contribution >= 4 is 5.91 Å². The van der Waals surface area contributed by atoms with Gasteiger partial charge in [-0.2, -0.15) is 0 Å². The topological polar surface area (TPSA) is 149 Å². The highest BCUT2D eigenvalue weighted by Gasteiger charge is 2.44. The van der Waals surface area contributed by atoms with Gasteiger partial charge < -0.3 is 40.3 Å². The van der Waals surface area contributed by atoms with Gasteiger partial charge in [0.25, 0.3) is 0 Å². The van der Waals surface area contributed by atoms with E-state index in [1.54, 1.807) is 0 Å². The third kappa shape index (κ3) is 30.0. The average molecular weight is 826 g/mol. The minimum absolute atomic E-state index is 0.136. The van der Waals surface area contributed by atoms with E-state index in [1.165, 1.54) is 173 Å². The van der Waals surface area contributed by atoms with Crippen molar-refractivity contribution in [2.75, 3.05) is 13.2 Å². The van der Waals surface area contributed by atoms with Gasteiger partial charge in [0.2, 0.25) is 5.91 Å². The van der Waals surface area contributed by atoms with Gasteiger partial charge in [-0.15, -0.1) is 0 Å². The molecule has 344 valence electrons. The van der Waals surface area contributed by atoms with Crippen molar-refractivity contribution in [1.29, 1.82) is 0 Å². The number of nitrogens with one attached hydrogen (secondary N) is 1. The fourth-order valence-corrected chi connectivity index (χ4v) is 8.10. The van der Waals surface area contributed by atoms with Crippen molar-refractivity contribution in [2.24, 2.45) is 0 Å². The Balaban J connectivity index is 2.28. The molecule has 0 spiro atoms. The second-order valence-electron chi connectivity index (χ2n) is 17.6. The van der Waals surface area contributed by atoms with Crippen LogP contribution < -0.4 is 5.32 Å². The molecule has 0 saturated carbocycles. The van der Waals surface area contributed by atoms with Crippen LogP contribution in [0, 0.1) is 0 Å². The van der Waals surface area contributed by atoms with E-state index in [2.05, 4.69) is 31.3 Å². The van der Waals surface area contributed by atoms with Crippen LogP contribution in [0.2, 0.25) is 0 Å². The average Bonchev–Trinajstić information content (AvgIpc) is 3.22. The Morgan fingerprint density at radius 1 is 0.569 bits per heavy atom. The number of hydrogen-bond acceptors (Lipinski definition) is 8. The van der Waals surface area contributed by atoms with E-state index in [0.29, 0.717) is 12.8 Å². The highest BCUT2D eigenvalue weighted by molar-refractivity contribution is 5.76. The summed E-state index contributed by atoms with van der Waals surface area (Å²) in [6, 6.07) is -0.717. The number of aliphatic hydroxyl groups is 5. The molecule has 1 aliphatic rings. The van der Waals surface area contributed by atoms with E-state index in [1.807, 2.05) is 0 Å². The number of carbonyl (C=O) groups is 1. The van der Waals surface area contributed by atoms with E-state index in [9.17, 15) is 30.3 Å². The number of ether oxygens (including phenoxy) is 2. The van der Waals surface area contributed by atoms with Crippen molar-refractivity contribution in [2.45, 2.75) is 281 Å². The predicted octanol–water partition coefficient (Wildman–Crippen LogP) is 10.9. The second-order valence-corrected chi connectivity index (χ2v) is 17.6. The third-order valence-electron chi connectivity index (χ3n) is 12.1. The maximum Gasteiger partial charge on any atom is 0.220 e. The van der Waals surface area contributed by atoms with Gasteiger partial charge in [0.1, 0.15) is 24.4 Å². The molecule has 6 N–H and O–H groups in total. The first kappa shape index (κ1) is 54.9. The van der Waals surface area contributed by atoms with Gasteiger partial charge in [0, 0.05) is 6.42 Å².